The summed E-state index contributed by atoms with van der Waals surface area (Å²) in [6.07, 6.45) is -10.8. The van der Waals surface area contributed by atoms with Gasteiger partial charge in [-0.05, 0) is 38.0 Å². The molecular weight excluding hydrogens is 392 g/mol. The third-order valence-corrected chi connectivity index (χ3v) is 3.63. The highest BCUT2D eigenvalue weighted by Gasteiger charge is 2.39. The Labute approximate surface area is 160 Å². The lowest BCUT2D eigenvalue weighted by molar-refractivity contribution is -0.208. The maximum atomic E-state index is 12.9. The summed E-state index contributed by atoms with van der Waals surface area (Å²) in [6.45, 7) is 1.69. The molecular formula is C18H25F6NO3. The first-order valence-electron chi connectivity index (χ1n) is 8.73. The summed E-state index contributed by atoms with van der Waals surface area (Å²) in [7, 11) is 0. The maximum Gasteiger partial charge on any atom is 0.427 e. The molecule has 1 aromatic rings. The maximum absolute atomic E-state index is 12.9. The second kappa shape index (κ2) is 10.9. The third-order valence-electron chi connectivity index (χ3n) is 3.63. The molecule has 0 radical (unpaired) electrons. The number of hydrogen-bond acceptors (Lipinski definition) is 4. The van der Waals surface area contributed by atoms with Crippen molar-refractivity contribution in [3.05, 3.63) is 29.8 Å². The molecule has 0 fully saturated rings. The van der Waals surface area contributed by atoms with E-state index < -0.39 is 31.6 Å². The van der Waals surface area contributed by atoms with Crippen LogP contribution < -0.4 is 4.74 Å². The summed E-state index contributed by atoms with van der Waals surface area (Å²) in [5.74, 6) is -0.265. The predicted molar refractivity (Wildman–Crippen MR) is 91.0 cm³/mol. The molecule has 162 valence electrons. The average Bonchev–Trinajstić information content (AvgIpc) is 2.59. The van der Waals surface area contributed by atoms with E-state index in [9.17, 15) is 31.4 Å². The van der Waals surface area contributed by atoms with Gasteiger partial charge in [0.2, 0.25) is 0 Å². The Morgan fingerprint density at radius 3 is 2.18 bits per heavy atom. The monoisotopic (exact) mass is 417 g/mol. The number of aliphatic hydroxyl groups is 1. The first-order chi connectivity index (χ1) is 12.9. The summed E-state index contributed by atoms with van der Waals surface area (Å²) < 4.78 is 85.4. The van der Waals surface area contributed by atoms with Crippen LogP contribution in [0.5, 0.6) is 5.75 Å². The van der Waals surface area contributed by atoms with Gasteiger partial charge in [-0.2, -0.15) is 22.0 Å². The molecule has 0 saturated heterocycles. The Morgan fingerprint density at radius 1 is 1.07 bits per heavy atom. The average molecular weight is 417 g/mol. The number of rotatable bonds is 12. The molecule has 0 amide bonds. The van der Waals surface area contributed by atoms with Crippen LogP contribution in [0.15, 0.2) is 24.3 Å². The van der Waals surface area contributed by atoms with Crippen molar-refractivity contribution in [1.29, 1.82) is 0 Å². The van der Waals surface area contributed by atoms with E-state index in [-0.39, 0.29) is 24.9 Å². The van der Waals surface area contributed by atoms with Crippen molar-refractivity contribution >= 4 is 0 Å². The van der Waals surface area contributed by atoms with Crippen LogP contribution in [-0.4, -0.2) is 60.9 Å². The van der Waals surface area contributed by atoms with Gasteiger partial charge in [0, 0.05) is 26.2 Å². The van der Waals surface area contributed by atoms with Crippen molar-refractivity contribution in [3.8, 4) is 5.75 Å². The second-order valence-electron chi connectivity index (χ2n) is 6.58. The first kappa shape index (κ1) is 24.5. The molecule has 0 bridgehead atoms. The summed E-state index contributed by atoms with van der Waals surface area (Å²) in [4.78, 5) is 1.40. The lowest BCUT2D eigenvalue weighted by atomic mass is 10.2. The van der Waals surface area contributed by atoms with Gasteiger partial charge >= 0.3 is 12.3 Å². The molecule has 1 N–H and O–H groups in total. The molecule has 0 heterocycles. The summed E-state index contributed by atoms with van der Waals surface area (Å²) in [5.41, 5.74) is 0.523. The summed E-state index contributed by atoms with van der Waals surface area (Å²) in [6, 6.07) is 5.14. The highest BCUT2D eigenvalue weighted by atomic mass is 19.4. The Balaban J connectivity index is 2.72. The van der Waals surface area contributed by atoms with Crippen molar-refractivity contribution in [2.24, 2.45) is 0 Å². The van der Waals surface area contributed by atoms with Gasteiger partial charge < -0.3 is 14.6 Å². The van der Waals surface area contributed by atoms with Gasteiger partial charge in [0.05, 0.1) is 6.10 Å². The summed E-state index contributed by atoms with van der Waals surface area (Å²) in [5, 5.41) is 9.34. The number of aliphatic hydroxyl groups excluding tert-OH is 1. The first-order valence-corrected chi connectivity index (χ1v) is 8.73. The van der Waals surface area contributed by atoms with Gasteiger partial charge in [-0.15, -0.1) is 0 Å². The number of halogens is 6. The minimum Gasteiger partial charge on any atom is -0.431 e. The zero-order chi connectivity index (χ0) is 21.4. The lowest BCUT2D eigenvalue weighted by Gasteiger charge is -2.26. The van der Waals surface area contributed by atoms with Gasteiger partial charge in [-0.25, -0.2) is 4.39 Å². The molecule has 1 unspecified atom stereocenters. The molecule has 0 aliphatic rings. The Bertz CT molecular complexity index is 565. The van der Waals surface area contributed by atoms with Crippen LogP contribution in [-0.2, 0) is 11.3 Å². The van der Waals surface area contributed by atoms with Crippen LogP contribution >= 0.6 is 0 Å². The van der Waals surface area contributed by atoms with Gasteiger partial charge in [-0.3, -0.25) is 4.90 Å². The highest BCUT2D eigenvalue weighted by Crippen LogP contribution is 2.24. The zero-order valence-corrected chi connectivity index (χ0v) is 15.7. The molecule has 4 nitrogen and oxygen atoms in total. The van der Waals surface area contributed by atoms with Crippen molar-refractivity contribution in [2.75, 3.05) is 26.4 Å². The molecule has 1 atom stereocenters. The van der Waals surface area contributed by atoms with Gasteiger partial charge in [-0.1, -0.05) is 12.1 Å². The molecule has 0 aliphatic carbocycles. The highest BCUT2D eigenvalue weighted by molar-refractivity contribution is 5.27. The molecule has 0 aromatic heterocycles. The SMILES string of the molecule is CC(C)OCCCN(Cc1ccc(OC(F)(F)CF)cc1)CC(O)C(F)(F)F. The number of benzene rings is 1. The van der Waals surface area contributed by atoms with Crippen molar-refractivity contribution in [1.82, 2.24) is 4.90 Å². The van der Waals surface area contributed by atoms with Crippen LogP contribution in [0, 0.1) is 0 Å². The molecule has 0 aliphatic heterocycles. The summed E-state index contributed by atoms with van der Waals surface area (Å²) >= 11 is 0. The van der Waals surface area contributed by atoms with Crippen LogP contribution in [0.3, 0.4) is 0 Å². The van der Waals surface area contributed by atoms with Crippen LogP contribution in [0.1, 0.15) is 25.8 Å². The molecule has 1 rings (SSSR count). The van der Waals surface area contributed by atoms with Gasteiger partial charge in [0.15, 0.2) is 12.8 Å². The number of nitrogens with zero attached hydrogens (tertiary/aromatic N) is 1. The van der Waals surface area contributed by atoms with Gasteiger partial charge in [0.1, 0.15) is 5.75 Å². The fourth-order valence-corrected chi connectivity index (χ4v) is 2.31. The standard InChI is InChI=1S/C18H25F6NO3/c1-13(2)27-9-3-8-25(11-16(26)18(22,23)24)10-14-4-6-15(7-5-14)28-17(20,21)12-19/h4-7,13,16,26H,3,8-12H2,1-2H3. The Morgan fingerprint density at radius 2 is 1.68 bits per heavy atom. The van der Waals surface area contributed by atoms with Crippen molar-refractivity contribution in [3.63, 3.8) is 0 Å². The minimum atomic E-state index is -4.75. The van der Waals surface area contributed by atoms with E-state index in [0.29, 0.717) is 18.6 Å². The number of alkyl halides is 6. The van der Waals surface area contributed by atoms with E-state index in [1.807, 2.05) is 13.8 Å². The van der Waals surface area contributed by atoms with Crippen molar-refractivity contribution < 1.29 is 40.9 Å². The van der Waals surface area contributed by atoms with Crippen LogP contribution in [0.2, 0.25) is 0 Å². The normalized spacial score (nSPS) is 14.0. The van der Waals surface area contributed by atoms with E-state index in [1.165, 1.54) is 29.2 Å². The van der Waals surface area contributed by atoms with E-state index in [1.54, 1.807) is 0 Å². The molecule has 0 saturated carbocycles. The Hall–Kier alpha value is -1.52. The van der Waals surface area contributed by atoms with Crippen LogP contribution in [0.25, 0.3) is 0 Å². The molecule has 0 spiro atoms. The second-order valence-corrected chi connectivity index (χ2v) is 6.58. The number of hydrogen-bond donors (Lipinski definition) is 1. The lowest BCUT2D eigenvalue weighted by Crippen LogP contribution is -2.41. The quantitative estimate of drug-likeness (QED) is 0.410. The Kier molecular flexibility index (Phi) is 9.52. The largest absolute Gasteiger partial charge is 0.431 e. The van der Waals surface area contributed by atoms with E-state index in [4.69, 9.17) is 4.74 Å². The van der Waals surface area contributed by atoms with E-state index in [2.05, 4.69) is 4.74 Å². The van der Waals surface area contributed by atoms with Gasteiger partial charge in [0.25, 0.3) is 0 Å². The molecule has 10 heteroatoms. The minimum absolute atomic E-state index is 0.00999. The zero-order valence-electron chi connectivity index (χ0n) is 15.7. The smallest absolute Gasteiger partial charge is 0.427 e. The molecule has 1 aromatic carbocycles. The van der Waals surface area contributed by atoms with E-state index in [0.717, 1.165) is 0 Å². The third kappa shape index (κ3) is 9.61. The van der Waals surface area contributed by atoms with E-state index >= 15 is 0 Å². The van der Waals surface area contributed by atoms with Crippen LogP contribution in [0.4, 0.5) is 26.3 Å². The van der Waals surface area contributed by atoms with Crippen molar-refractivity contribution in [2.45, 2.75) is 51.3 Å². The molecule has 28 heavy (non-hydrogen) atoms. The fourth-order valence-electron chi connectivity index (χ4n) is 2.31. The fraction of sp³-hybridized carbons (Fsp3) is 0.667. The topological polar surface area (TPSA) is 41.9 Å². The number of ether oxygens (including phenoxy) is 2. The predicted octanol–water partition coefficient (Wildman–Crippen LogP) is 4.17.